The number of nitrogens with zero attached hydrogens (tertiary/aromatic N) is 2. The Labute approximate surface area is 157 Å². The Kier molecular flexibility index (Phi) is 6.54. The van der Waals surface area contributed by atoms with E-state index in [1.165, 1.54) is 37.8 Å². The van der Waals surface area contributed by atoms with E-state index in [1.54, 1.807) is 0 Å². The smallest absolute Gasteiger partial charge is 0.238 e. The topological polar surface area (TPSA) is 44.8 Å². The van der Waals surface area contributed by atoms with Gasteiger partial charge >= 0.3 is 0 Å². The van der Waals surface area contributed by atoms with E-state index in [0.717, 1.165) is 18.8 Å². The molecule has 1 aliphatic heterocycles. The van der Waals surface area contributed by atoms with Crippen molar-refractivity contribution >= 4 is 17.3 Å². The van der Waals surface area contributed by atoms with Crippen molar-refractivity contribution in [2.45, 2.75) is 64.2 Å². The van der Waals surface area contributed by atoms with Crippen LogP contribution in [0, 0.1) is 0 Å². The van der Waals surface area contributed by atoms with Gasteiger partial charge in [-0.3, -0.25) is 9.69 Å². The fourth-order valence-electron chi connectivity index (χ4n) is 4.22. The molecule has 2 aliphatic rings. The molecular weight excluding hydrogens is 326 g/mol. The molecule has 2 atom stereocenters. The molecule has 5 nitrogen and oxygen atoms in total. The van der Waals surface area contributed by atoms with E-state index in [0.29, 0.717) is 12.6 Å². The van der Waals surface area contributed by atoms with Crippen LogP contribution >= 0.6 is 0 Å². The highest BCUT2D eigenvalue weighted by Crippen LogP contribution is 2.23. The molecule has 1 saturated carbocycles. The van der Waals surface area contributed by atoms with Crippen LogP contribution in [0.1, 0.15) is 46.0 Å². The molecule has 2 unspecified atom stereocenters. The summed E-state index contributed by atoms with van der Waals surface area (Å²) in [5, 5.41) is 3.04. The van der Waals surface area contributed by atoms with Crippen molar-refractivity contribution < 1.29 is 9.53 Å². The molecule has 1 heterocycles. The number of rotatable bonds is 5. The van der Waals surface area contributed by atoms with Crippen LogP contribution in [0.2, 0.25) is 0 Å². The van der Waals surface area contributed by atoms with Crippen LogP contribution in [0.5, 0.6) is 0 Å². The molecule has 0 radical (unpaired) electrons. The Morgan fingerprint density at radius 1 is 1.12 bits per heavy atom. The van der Waals surface area contributed by atoms with Crippen molar-refractivity contribution in [1.82, 2.24) is 4.90 Å². The number of ether oxygens (including phenoxy) is 1. The minimum Gasteiger partial charge on any atom is -0.372 e. The van der Waals surface area contributed by atoms with Crippen molar-refractivity contribution in [3.05, 3.63) is 24.3 Å². The summed E-state index contributed by atoms with van der Waals surface area (Å²) in [6.45, 7) is 6.50. The van der Waals surface area contributed by atoms with Crippen LogP contribution in [0.15, 0.2) is 24.3 Å². The highest BCUT2D eigenvalue weighted by molar-refractivity contribution is 5.92. The third kappa shape index (κ3) is 5.21. The third-order valence-electron chi connectivity index (χ3n) is 5.53. The van der Waals surface area contributed by atoms with Gasteiger partial charge in [0.15, 0.2) is 0 Å². The molecule has 1 aromatic rings. The zero-order valence-corrected chi connectivity index (χ0v) is 16.4. The van der Waals surface area contributed by atoms with Crippen LogP contribution in [-0.2, 0) is 9.53 Å². The highest BCUT2D eigenvalue weighted by atomic mass is 16.5. The maximum absolute atomic E-state index is 12.4. The van der Waals surface area contributed by atoms with Gasteiger partial charge in [0.25, 0.3) is 0 Å². The second-order valence-corrected chi connectivity index (χ2v) is 7.96. The Morgan fingerprint density at radius 2 is 1.73 bits per heavy atom. The number of hydrogen-bond donors (Lipinski definition) is 1. The van der Waals surface area contributed by atoms with Crippen LogP contribution in [0.4, 0.5) is 11.4 Å². The minimum atomic E-state index is 0.0689. The first kappa shape index (κ1) is 19.2. The number of nitrogens with one attached hydrogen (secondary N) is 1. The molecule has 1 aliphatic carbocycles. The lowest BCUT2D eigenvalue weighted by molar-refractivity contribution is -0.117. The summed E-state index contributed by atoms with van der Waals surface area (Å²) in [4.78, 5) is 16.9. The van der Waals surface area contributed by atoms with Gasteiger partial charge in [0.1, 0.15) is 0 Å². The summed E-state index contributed by atoms with van der Waals surface area (Å²) < 4.78 is 5.80. The van der Waals surface area contributed by atoms with Gasteiger partial charge in [0, 0.05) is 30.5 Å². The number of carbonyl (C=O) groups is 1. The molecule has 1 N–H and O–H groups in total. The van der Waals surface area contributed by atoms with Gasteiger partial charge in [-0.1, -0.05) is 19.3 Å². The number of anilines is 2. The van der Waals surface area contributed by atoms with Crippen LogP contribution in [-0.4, -0.2) is 55.7 Å². The van der Waals surface area contributed by atoms with Crippen molar-refractivity contribution in [1.29, 1.82) is 0 Å². The Hall–Kier alpha value is -1.59. The van der Waals surface area contributed by atoms with Gasteiger partial charge in [0.2, 0.25) is 5.91 Å². The van der Waals surface area contributed by atoms with E-state index in [-0.39, 0.29) is 18.1 Å². The first-order valence-corrected chi connectivity index (χ1v) is 10.0. The predicted molar refractivity (Wildman–Crippen MR) is 107 cm³/mol. The van der Waals surface area contributed by atoms with Gasteiger partial charge in [-0.15, -0.1) is 0 Å². The summed E-state index contributed by atoms with van der Waals surface area (Å²) in [5.74, 6) is 0.0689. The molecule has 1 amide bonds. The SMILES string of the molecule is CC1CN(c2ccc(NC(=O)CN(C)C3CCCCC3)cc2)CC(C)O1. The van der Waals surface area contributed by atoms with E-state index < -0.39 is 0 Å². The summed E-state index contributed by atoms with van der Waals surface area (Å²) in [7, 11) is 2.07. The van der Waals surface area contributed by atoms with E-state index >= 15 is 0 Å². The number of carbonyl (C=O) groups excluding carboxylic acids is 1. The zero-order chi connectivity index (χ0) is 18.5. The summed E-state index contributed by atoms with van der Waals surface area (Å²) in [5.41, 5.74) is 2.05. The lowest BCUT2D eigenvalue weighted by atomic mass is 9.94. The fraction of sp³-hybridized carbons (Fsp3) is 0.667. The second-order valence-electron chi connectivity index (χ2n) is 7.96. The average Bonchev–Trinajstić information content (AvgIpc) is 2.62. The molecular formula is C21H33N3O2. The Bertz CT molecular complexity index is 573. The largest absolute Gasteiger partial charge is 0.372 e. The van der Waals surface area contributed by atoms with E-state index in [9.17, 15) is 4.79 Å². The molecule has 0 aromatic heterocycles. The molecule has 1 aromatic carbocycles. The predicted octanol–water partition coefficient (Wildman–Crippen LogP) is 3.50. The summed E-state index contributed by atoms with van der Waals surface area (Å²) in [6, 6.07) is 8.73. The maximum atomic E-state index is 12.4. The lowest BCUT2D eigenvalue weighted by Gasteiger charge is -2.36. The van der Waals surface area contributed by atoms with Gasteiger partial charge < -0.3 is 15.0 Å². The summed E-state index contributed by atoms with van der Waals surface area (Å²) >= 11 is 0. The molecule has 3 rings (SSSR count). The van der Waals surface area contributed by atoms with Crippen LogP contribution < -0.4 is 10.2 Å². The van der Waals surface area contributed by atoms with Crippen LogP contribution in [0.3, 0.4) is 0 Å². The van der Waals surface area contributed by atoms with E-state index in [1.807, 2.05) is 12.1 Å². The molecule has 26 heavy (non-hydrogen) atoms. The highest BCUT2D eigenvalue weighted by Gasteiger charge is 2.22. The zero-order valence-electron chi connectivity index (χ0n) is 16.4. The average molecular weight is 360 g/mol. The van der Waals surface area contributed by atoms with Gasteiger partial charge in [-0.05, 0) is 58.0 Å². The first-order valence-electron chi connectivity index (χ1n) is 10.0. The van der Waals surface area contributed by atoms with E-state index in [4.69, 9.17) is 4.74 Å². The van der Waals surface area contributed by atoms with Crippen molar-refractivity contribution in [2.75, 3.05) is 36.9 Å². The molecule has 0 spiro atoms. The molecule has 5 heteroatoms. The van der Waals surface area contributed by atoms with Crippen molar-refractivity contribution in [3.63, 3.8) is 0 Å². The monoisotopic (exact) mass is 359 g/mol. The number of hydrogen-bond acceptors (Lipinski definition) is 4. The molecule has 1 saturated heterocycles. The number of morpholine rings is 1. The number of benzene rings is 1. The quantitative estimate of drug-likeness (QED) is 0.874. The van der Waals surface area contributed by atoms with Gasteiger partial charge in [-0.2, -0.15) is 0 Å². The molecule has 2 fully saturated rings. The fourth-order valence-corrected chi connectivity index (χ4v) is 4.22. The van der Waals surface area contributed by atoms with Crippen LogP contribution in [0.25, 0.3) is 0 Å². The first-order chi connectivity index (χ1) is 12.5. The number of likely N-dealkylation sites (N-methyl/N-ethyl adjacent to an activating group) is 1. The van der Waals surface area contributed by atoms with E-state index in [2.05, 4.69) is 48.1 Å². The van der Waals surface area contributed by atoms with Gasteiger partial charge in [0.05, 0.1) is 18.8 Å². The third-order valence-corrected chi connectivity index (χ3v) is 5.53. The van der Waals surface area contributed by atoms with Gasteiger partial charge in [-0.25, -0.2) is 0 Å². The normalized spacial score (nSPS) is 24.7. The lowest BCUT2D eigenvalue weighted by Crippen LogP contribution is -2.45. The standard InChI is InChI=1S/C21H33N3O2/c1-16-13-24(14-17(2)26-16)20-11-9-18(10-12-20)22-21(25)15-23(3)19-7-5-4-6-8-19/h9-12,16-17,19H,4-8,13-15H2,1-3H3,(H,22,25). The number of amides is 1. The second kappa shape index (κ2) is 8.87. The minimum absolute atomic E-state index is 0.0689. The maximum Gasteiger partial charge on any atom is 0.238 e. The Balaban J connectivity index is 1.51. The van der Waals surface area contributed by atoms with Crippen molar-refractivity contribution in [3.8, 4) is 0 Å². The van der Waals surface area contributed by atoms with Crippen molar-refractivity contribution in [2.24, 2.45) is 0 Å². The molecule has 144 valence electrons. The Morgan fingerprint density at radius 3 is 2.35 bits per heavy atom. The summed E-state index contributed by atoms with van der Waals surface area (Å²) in [6.07, 6.45) is 6.84. The molecule has 0 bridgehead atoms.